The van der Waals surface area contributed by atoms with Gasteiger partial charge in [0.05, 0.1) is 12.2 Å². The van der Waals surface area contributed by atoms with E-state index in [9.17, 15) is 9.90 Å². The van der Waals surface area contributed by atoms with Crippen LogP contribution >= 0.6 is 0 Å². The van der Waals surface area contributed by atoms with Crippen molar-refractivity contribution in [3.8, 4) is 5.75 Å². The molecule has 0 aliphatic carbocycles. The molecule has 21 heavy (non-hydrogen) atoms. The number of hydrogen-bond donors (Lipinski definition) is 1. The number of nitrogens with zero attached hydrogens (tertiary/aromatic N) is 1. The number of carbonyl (C=O) groups is 1. The second-order valence-corrected chi connectivity index (χ2v) is 4.70. The normalized spacial score (nSPS) is 12.2. The number of carbonyl (C=O) groups excluding carboxylic acids is 1. The molecular formula is C16H25NO4. The van der Waals surface area contributed by atoms with E-state index in [2.05, 4.69) is 18.7 Å². The lowest BCUT2D eigenvalue weighted by Crippen LogP contribution is -2.35. The van der Waals surface area contributed by atoms with Crippen LogP contribution in [0.15, 0.2) is 24.3 Å². The lowest BCUT2D eigenvalue weighted by Gasteiger charge is -2.21. The van der Waals surface area contributed by atoms with Crippen LogP contribution in [0.4, 0.5) is 0 Å². The summed E-state index contributed by atoms with van der Waals surface area (Å²) in [4.78, 5) is 13.6. The van der Waals surface area contributed by atoms with Gasteiger partial charge in [0.2, 0.25) is 0 Å². The highest BCUT2D eigenvalue weighted by atomic mass is 16.5. The molecule has 1 unspecified atom stereocenters. The van der Waals surface area contributed by atoms with E-state index in [1.807, 2.05) is 0 Å². The maximum absolute atomic E-state index is 11.5. The van der Waals surface area contributed by atoms with E-state index in [1.54, 1.807) is 31.2 Å². The van der Waals surface area contributed by atoms with Gasteiger partial charge >= 0.3 is 5.97 Å². The summed E-state index contributed by atoms with van der Waals surface area (Å²) < 4.78 is 10.4. The largest absolute Gasteiger partial charge is 0.491 e. The molecule has 5 nitrogen and oxygen atoms in total. The minimum atomic E-state index is -0.533. The van der Waals surface area contributed by atoms with Gasteiger partial charge in [-0.25, -0.2) is 4.79 Å². The predicted octanol–water partition coefficient (Wildman–Crippen LogP) is 1.94. The van der Waals surface area contributed by atoms with Crippen molar-refractivity contribution in [2.45, 2.75) is 26.9 Å². The fraction of sp³-hybridized carbons (Fsp3) is 0.562. The molecule has 0 bridgehead atoms. The first kappa shape index (κ1) is 17.5. The van der Waals surface area contributed by atoms with Crippen molar-refractivity contribution >= 4 is 5.97 Å². The smallest absolute Gasteiger partial charge is 0.338 e. The minimum Gasteiger partial charge on any atom is -0.491 e. The minimum absolute atomic E-state index is 0.231. The van der Waals surface area contributed by atoms with Crippen LogP contribution in [-0.4, -0.2) is 54.9 Å². The van der Waals surface area contributed by atoms with Gasteiger partial charge in [0, 0.05) is 6.54 Å². The topological polar surface area (TPSA) is 59.0 Å². The van der Waals surface area contributed by atoms with E-state index in [0.717, 1.165) is 13.1 Å². The van der Waals surface area contributed by atoms with Gasteiger partial charge in [-0.05, 0) is 44.3 Å². The number of likely N-dealkylation sites (N-methyl/N-ethyl adjacent to an activating group) is 1. The number of rotatable bonds is 9. The zero-order valence-corrected chi connectivity index (χ0v) is 13.0. The molecule has 0 aromatic heterocycles. The van der Waals surface area contributed by atoms with Gasteiger partial charge in [0.1, 0.15) is 18.5 Å². The van der Waals surface area contributed by atoms with Gasteiger partial charge < -0.3 is 19.5 Å². The molecular weight excluding hydrogens is 270 g/mol. The lowest BCUT2D eigenvalue weighted by atomic mass is 10.2. The summed E-state index contributed by atoms with van der Waals surface area (Å²) >= 11 is 0. The molecule has 5 heteroatoms. The number of ether oxygens (including phenoxy) is 2. The predicted molar refractivity (Wildman–Crippen MR) is 81.7 cm³/mol. The summed E-state index contributed by atoms with van der Waals surface area (Å²) in [6.45, 7) is 8.88. The molecule has 118 valence electrons. The molecule has 0 spiro atoms. The molecule has 1 N–H and O–H groups in total. The van der Waals surface area contributed by atoms with Crippen LogP contribution in [0.1, 0.15) is 31.1 Å². The van der Waals surface area contributed by atoms with Crippen LogP contribution in [0.25, 0.3) is 0 Å². The zero-order chi connectivity index (χ0) is 15.7. The van der Waals surface area contributed by atoms with Crippen molar-refractivity contribution < 1.29 is 19.4 Å². The van der Waals surface area contributed by atoms with Crippen LogP contribution in [0.3, 0.4) is 0 Å². The standard InChI is InChI=1S/C16H25NO4/c1-4-17(5-2)11-14(18)12-21-15-9-7-13(8-10-15)16(19)20-6-3/h7-10,14,18H,4-6,11-12H2,1-3H3. The molecule has 0 aliphatic heterocycles. The average Bonchev–Trinajstić information content (AvgIpc) is 2.51. The first-order valence-corrected chi connectivity index (χ1v) is 7.41. The van der Waals surface area contributed by atoms with Crippen LogP contribution in [0.5, 0.6) is 5.75 Å². The molecule has 1 aromatic carbocycles. The van der Waals surface area contributed by atoms with Crippen LogP contribution < -0.4 is 4.74 Å². The Bertz CT molecular complexity index is 415. The quantitative estimate of drug-likeness (QED) is 0.706. The Kier molecular flexibility index (Phi) is 7.79. The summed E-state index contributed by atoms with van der Waals surface area (Å²) in [6.07, 6.45) is -0.533. The summed E-state index contributed by atoms with van der Waals surface area (Å²) in [5.41, 5.74) is 0.493. The highest BCUT2D eigenvalue weighted by Crippen LogP contribution is 2.13. The van der Waals surface area contributed by atoms with E-state index in [0.29, 0.717) is 24.5 Å². The molecule has 1 atom stereocenters. The van der Waals surface area contributed by atoms with Crippen LogP contribution in [0.2, 0.25) is 0 Å². The maximum atomic E-state index is 11.5. The van der Waals surface area contributed by atoms with Gasteiger partial charge in [-0.15, -0.1) is 0 Å². The van der Waals surface area contributed by atoms with Gasteiger partial charge in [-0.3, -0.25) is 0 Å². The van der Waals surface area contributed by atoms with E-state index < -0.39 is 6.10 Å². The highest BCUT2D eigenvalue weighted by molar-refractivity contribution is 5.89. The summed E-state index contributed by atoms with van der Waals surface area (Å²) in [5.74, 6) is 0.285. The number of aliphatic hydroxyl groups excluding tert-OH is 1. The Morgan fingerprint density at radius 2 is 1.81 bits per heavy atom. The maximum Gasteiger partial charge on any atom is 0.338 e. The SMILES string of the molecule is CCOC(=O)c1ccc(OCC(O)CN(CC)CC)cc1. The number of esters is 1. The van der Waals surface area contributed by atoms with Crippen molar-refractivity contribution in [3.63, 3.8) is 0 Å². The van der Waals surface area contributed by atoms with Crippen molar-refractivity contribution in [3.05, 3.63) is 29.8 Å². The van der Waals surface area contributed by atoms with E-state index in [4.69, 9.17) is 9.47 Å². The van der Waals surface area contributed by atoms with E-state index in [-0.39, 0.29) is 12.6 Å². The van der Waals surface area contributed by atoms with Gasteiger partial charge in [-0.1, -0.05) is 13.8 Å². The molecule has 0 amide bonds. The molecule has 0 aliphatic rings. The number of aliphatic hydroxyl groups is 1. The highest BCUT2D eigenvalue weighted by Gasteiger charge is 2.10. The van der Waals surface area contributed by atoms with Gasteiger partial charge in [-0.2, -0.15) is 0 Å². The van der Waals surface area contributed by atoms with Gasteiger partial charge in [0.15, 0.2) is 0 Å². The Morgan fingerprint density at radius 3 is 2.33 bits per heavy atom. The Labute approximate surface area is 126 Å². The molecule has 0 fully saturated rings. The molecule has 0 heterocycles. The molecule has 0 saturated heterocycles. The van der Waals surface area contributed by atoms with Crippen molar-refractivity contribution in [2.24, 2.45) is 0 Å². The Balaban J connectivity index is 2.43. The van der Waals surface area contributed by atoms with E-state index >= 15 is 0 Å². The van der Waals surface area contributed by atoms with Crippen molar-refractivity contribution in [2.75, 3.05) is 32.8 Å². The molecule has 0 radical (unpaired) electrons. The van der Waals surface area contributed by atoms with Gasteiger partial charge in [0.25, 0.3) is 0 Å². The first-order valence-electron chi connectivity index (χ1n) is 7.41. The fourth-order valence-corrected chi connectivity index (χ4v) is 1.93. The van der Waals surface area contributed by atoms with Crippen LogP contribution in [-0.2, 0) is 4.74 Å². The average molecular weight is 295 g/mol. The number of hydrogen-bond acceptors (Lipinski definition) is 5. The lowest BCUT2D eigenvalue weighted by molar-refractivity contribution is 0.0526. The first-order chi connectivity index (χ1) is 10.1. The monoisotopic (exact) mass is 295 g/mol. The Hall–Kier alpha value is -1.59. The summed E-state index contributed by atoms with van der Waals surface area (Å²) in [6, 6.07) is 6.72. The molecule has 1 aromatic rings. The third-order valence-corrected chi connectivity index (χ3v) is 3.17. The molecule has 1 rings (SSSR count). The van der Waals surface area contributed by atoms with Crippen LogP contribution in [0, 0.1) is 0 Å². The zero-order valence-electron chi connectivity index (χ0n) is 13.0. The second kappa shape index (κ2) is 9.37. The summed E-state index contributed by atoms with van der Waals surface area (Å²) in [5, 5.41) is 9.92. The molecule has 0 saturated carbocycles. The number of benzene rings is 1. The van der Waals surface area contributed by atoms with Crippen molar-refractivity contribution in [1.82, 2.24) is 4.90 Å². The van der Waals surface area contributed by atoms with E-state index in [1.165, 1.54) is 0 Å². The summed E-state index contributed by atoms with van der Waals surface area (Å²) in [7, 11) is 0. The fourth-order valence-electron chi connectivity index (χ4n) is 1.93. The Morgan fingerprint density at radius 1 is 1.19 bits per heavy atom. The second-order valence-electron chi connectivity index (χ2n) is 4.70. The third kappa shape index (κ3) is 6.14. The third-order valence-electron chi connectivity index (χ3n) is 3.17. The van der Waals surface area contributed by atoms with Crippen molar-refractivity contribution in [1.29, 1.82) is 0 Å².